The largest absolute Gasteiger partial charge is 0.466 e. The van der Waals surface area contributed by atoms with Crippen LogP contribution in [0.25, 0.3) is 0 Å². The SMILES string of the molecule is CCOC(=O)CC(C)(c1ccc(NC(=O)OC(C)(C)C)cc1)C(F)(F)F. The molecule has 0 aliphatic rings. The number of benzene rings is 1. The molecule has 1 rings (SSSR count). The first-order valence-corrected chi connectivity index (χ1v) is 8.11. The summed E-state index contributed by atoms with van der Waals surface area (Å²) in [7, 11) is 0. The highest BCUT2D eigenvalue weighted by Crippen LogP contribution is 2.44. The van der Waals surface area contributed by atoms with Crippen LogP contribution >= 0.6 is 0 Å². The minimum Gasteiger partial charge on any atom is -0.466 e. The van der Waals surface area contributed by atoms with Crippen LogP contribution in [-0.4, -0.2) is 30.4 Å². The number of nitrogens with one attached hydrogen (secondary N) is 1. The van der Waals surface area contributed by atoms with Gasteiger partial charge in [0.2, 0.25) is 0 Å². The van der Waals surface area contributed by atoms with Crippen LogP contribution in [0.1, 0.15) is 46.6 Å². The Morgan fingerprint density at radius 3 is 2.00 bits per heavy atom. The Kier molecular flexibility index (Phi) is 6.68. The van der Waals surface area contributed by atoms with Gasteiger partial charge >= 0.3 is 18.2 Å². The summed E-state index contributed by atoms with van der Waals surface area (Å²) in [6.07, 6.45) is -6.20. The summed E-state index contributed by atoms with van der Waals surface area (Å²) in [4.78, 5) is 23.3. The molecular formula is C18H24F3NO4. The van der Waals surface area contributed by atoms with Gasteiger partial charge in [-0.25, -0.2) is 4.79 Å². The number of carbonyl (C=O) groups excluding carboxylic acids is 2. The third kappa shape index (κ3) is 5.93. The molecule has 1 amide bonds. The van der Waals surface area contributed by atoms with Crippen molar-refractivity contribution in [3.8, 4) is 0 Å². The molecule has 0 saturated carbocycles. The maximum Gasteiger partial charge on any atom is 0.412 e. The van der Waals surface area contributed by atoms with Crippen molar-refractivity contribution < 1.29 is 32.2 Å². The van der Waals surface area contributed by atoms with E-state index < -0.39 is 35.7 Å². The number of esters is 1. The molecule has 0 bridgehead atoms. The zero-order chi connectivity index (χ0) is 20.2. The summed E-state index contributed by atoms with van der Waals surface area (Å²) < 4.78 is 50.5. The average molecular weight is 375 g/mol. The quantitative estimate of drug-likeness (QED) is 0.751. The van der Waals surface area contributed by atoms with E-state index in [-0.39, 0.29) is 17.9 Å². The molecule has 1 aromatic carbocycles. The third-order valence-corrected chi connectivity index (χ3v) is 3.60. The number of hydrogen-bond acceptors (Lipinski definition) is 4. The van der Waals surface area contributed by atoms with Gasteiger partial charge in [-0.3, -0.25) is 10.1 Å². The van der Waals surface area contributed by atoms with E-state index in [0.29, 0.717) is 0 Å². The second kappa shape index (κ2) is 7.97. The van der Waals surface area contributed by atoms with Crippen molar-refractivity contribution in [1.29, 1.82) is 0 Å². The molecule has 0 aromatic heterocycles. The molecule has 0 heterocycles. The molecule has 1 unspecified atom stereocenters. The summed E-state index contributed by atoms with van der Waals surface area (Å²) >= 11 is 0. The van der Waals surface area contributed by atoms with Crippen molar-refractivity contribution in [2.24, 2.45) is 0 Å². The summed E-state index contributed by atoms with van der Waals surface area (Å²) in [5.41, 5.74) is -2.92. The summed E-state index contributed by atoms with van der Waals surface area (Å²) in [6, 6.07) is 5.10. The van der Waals surface area contributed by atoms with Crippen LogP contribution in [-0.2, 0) is 19.7 Å². The molecule has 0 spiro atoms. The Bertz CT molecular complexity index is 635. The number of amides is 1. The number of alkyl halides is 3. The topological polar surface area (TPSA) is 64.6 Å². The Labute approximate surface area is 150 Å². The van der Waals surface area contributed by atoms with Crippen molar-refractivity contribution in [2.75, 3.05) is 11.9 Å². The summed E-state index contributed by atoms with van der Waals surface area (Å²) in [5, 5.41) is 2.44. The second-order valence-electron chi connectivity index (χ2n) is 7.02. The lowest BCUT2D eigenvalue weighted by atomic mass is 9.78. The van der Waals surface area contributed by atoms with E-state index in [2.05, 4.69) is 10.1 Å². The van der Waals surface area contributed by atoms with Crippen LogP contribution in [0.15, 0.2) is 24.3 Å². The van der Waals surface area contributed by atoms with Crippen LogP contribution in [0, 0.1) is 0 Å². The molecule has 0 fully saturated rings. The zero-order valence-electron chi connectivity index (χ0n) is 15.5. The lowest BCUT2D eigenvalue weighted by molar-refractivity contribution is -0.194. The lowest BCUT2D eigenvalue weighted by Gasteiger charge is -2.31. The maximum absolute atomic E-state index is 13.6. The van der Waals surface area contributed by atoms with Crippen molar-refractivity contribution in [2.45, 2.75) is 58.2 Å². The predicted molar refractivity (Wildman–Crippen MR) is 91.0 cm³/mol. The smallest absolute Gasteiger partial charge is 0.412 e. The maximum atomic E-state index is 13.6. The van der Waals surface area contributed by atoms with Crippen LogP contribution in [0.3, 0.4) is 0 Å². The van der Waals surface area contributed by atoms with E-state index in [1.165, 1.54) is 31.2 Å². The number of rotatable bonds is 5. The highest BCUT2D eigenvalue weighted by atomic mass is 19.4. The molecule has 0 saturated heterocycles. The number of hydrogen-bond donors (Lipinski definition) is 1. The van der Waals surface area contributed by atoms with Crippen LogP contribution in [0.2, 0.25) is 0 Å². The highest BCUT2D eigenvalue weighted by molar-refractivity contribution is 5.84. The van der Waals surface area contributed by atoms with E-state index in [9.17, 15) is 22.8 Å². The van der Waals surface area contributed by atoms with E-state index >= 15 is 0 Å². The zero-order valence-corrected chi connectivity index (χ0v) is 15.5. The Morgan fingerprint density at radius 2 is 1.58 bits per heavy atom. The molecular weight excluding hydrogens is 351 g/mol. The Hall–Kier alpha value is -2.25. The molecule has 0 radical (unpaired) electrons. The van der Waals surface area contributed by atoms with E-state index in [0.717, 1.165) is 6.92 Å². The minimum atomic E-state index is -4.65. The van der Waals surface area contributed by atoms with Crippen LogP contribution < -0.4 is 5.32 Å². The second-order valence-corrected chi connectivity index (χ2v) is 7.02. The molecule has 1 atom stereocenters. The minimum absolute atomic E-state index is 0.00547. The van der Waals surface area contributed by atoms with Gasteiger partial charge in [-0.15, -0.1) is 0 Å². The standard InChI is InChI=1S/C18H24F3NO4/c1-6-25-14(23)11-17(5,18(19,20)21)12-7-9-13(10-8-12)22-15(24)26-16(2,3)4/h7-10H,6,11H2,1-5H3,(H,22,24). The predicted octanol–water partition coefficient (Wildman–Crippen LogP) is 4.81. The molecule has 8 heteroatoms. The highest BCUT2D eigenvalue weighted by Gasteiger charge is 2.53. The van der Waals surface area contributed by atoms with Crippen LogP contribution in [0.4, 0.5) is 23.7 Å². The summed E-state index contributed by atoms with van der Waals surface area (Å²) in [6.45, 7) is 7.56. The van der Waals surface area contributed by atoms with Crippen molar-refractivity contribution in [3.05, 3.63) is 29.8 Å². The fourth-order valence-corrected chi connectivity index (χ4v) is 2.21. The van der Waals surface area contributed by atoms with E-state index in [1.807, 2.05) is 0 Å². The molecule has 0 aliphatic heterocycles. The average Bonchev–Trinajstić information content (AvgIpc) is 2.44. The van der Waals surface area contributed by atoms with Gasteiger partial charge in [-0.2, -0.15) is 13.2 Å². The molecule has 26 heavy (non-hydrogen) atoms. The Balaban J connectivity index is 3.01. The number of carbonyl (C=O) groups is 2. The summed E-state index contributed by atoms with van der Waals surface area (Å²) in [5.74, 6) is -0.928. The van der Waals surface area contributed by atoms with Gasteiger partial charge in [0.15, 0.2) is 0 Å². The first-order chi connectivity index (χ1) is 11.8. The fourth-order valence-electron chi connectivity index (χ4n) is 2.21. The van der Waals surface area contributed by atoms with Gasteiger partial charge < -0.3 is 9.47 Å². The van der Waals surface area contributed by atoms with Gasteiger partial charge in [-0.1, -0.05) is 12.1 Å². The molecule has 5 nitrogen and oxygen atoms in total. The molecule has 0 aliphatic carbocycles. The molecule has 1 aromatic rings. The van der Waals surface area contributed by atoms with Gasteiger partial charge in [0, 0.05) is 5.69 Å². The van der Waals surface area contributed by atoms with Crippen molar-refractivity contribution >= 4 is 17.7 Å². The molecule has 1 N–H and O–H groups in total. The normalized spacial score (nSPS) is 14.3. The lowest BCUT2D eigenvalue weighted by Crippen LogP contribution is -2.41. The first-order valence-electron chi connectivity index (χ1n) is 8.11. The van der Waals surface area contributed by atoms with Crippen molar-refractivity contribution in [3.63, 3.8) is 0 Å². The number of anilines is 1. The monoisotopic (exact) mass is 375 g/mol. The van der Waals surface area contributed by atoms with Gasteiger partial charge in [0.25, 0.3) is 0 Å². The Morgan fingerprint density at radius 1 is 1.04 bits per heavy atom. The fraction of sp³-hybridized carbons (Fsp3) is 0.556. The van der Waals surface area contributed by atoms with Crippen molar-refractivity contribution in [1.82, 2.24) is 0 Å². The number of halogens is 3. The third-order valence-electron chi connectivity index (χ3n) is 3.60. The van der Waals surface area contributed by atoms with Gasteiger partial charge in [-0.05, 0) is 52.3 Å². The first kappa shape index (κ1) is 21.8. The number of ether oxygens (including phenoxy) is 2. The van der Waals surface area contributed by atoms with E-state index in [1.54, 1.807) is 20.8 Å². The van der Waals surface area contributed by atoms with E-state index in [4.69, 9.17) is 4.74 Å². The van der Waals surface area contributed by atoms with Gasteiger partial charge in [0.1, 0.15) is 5.60 Å². The van der Waals surface area contributed by atoms with Crippen LogP contribution in [0.5, 0.6) is 0 Å². The van der Waals surface area contributed by atoms with Gasteiger partial charge in [0.05, 0.1) is 18.4 Å². The molecule has 146 valence electrons.